The lowest BCUT2D eigenvalue weighted by molar-refractivity contribution is -0.122. The summed E-state index contributed by atoms with van der Waals surface area (Å²) in [5.41, 5.74) is 0. The van der Waals surface area contributed by atoms with E-state index in [-0.39, 0.29) is 12.5 Å². The summed E-state index contributed by atoms with van der Waals surface area (Å²) in [7, 11) is 0. The van der Waals surface area contributed by atoms with Gasteiger partial charge >= 0.3 is 0 Å². The zero-order valence-electron chi connectivity index (χ0n) is 10.1. The van der Waals surface area contributed by atoms with Crippen LogP contribution in [-0.2, 0) is 4.79 Å². The molecule has 0 saturated carbocycles. The van der Waals surface area contributed by atoms with Gasteiger partial charge in [-0.05, 0) is 19.3 Å². The van der Waals surface area contributed by atoms with Crippen molar-refractivity contribution in [3.63, 3.8) is 0 Å². The van der Waals surface area contributed by atoms with Crippen molar-refractivity contribution in [2.45, 2.75) is 64.8 Å². The van der Waals surface area contributed by atoms with Crippen LogP contribution in [0, 0.1) is 0 Å². The molecular weight excluding hydrogens is 190 g/mol. The van der Waals surface area contributed by atoms with Gasteiger partial charge in [-0.15, -0.1) is 0 Å². The van der Waals surface area contributed by atoms with Crippen LogP contribution in [0.5, 0.6) is 0 Å². The quantitative estimate of drug-likeness (QED) is 0.619. The van der Waals surface area contributed by atoms with Gasteiger partial charge in [0.15, 0.2) is 0 Å². The Labute approximate surface area is 93.3 Å². The van der Waals surface area contributed by atoms with Gasteiger partial charge in [-0.1, -0.05) is 33.1 Å². The summed E-state index contributed by atoms with van der Waals surface area (Å²) in [6.07, 6.45) is 6.60. The van der Waals surface area contributed by atoms with Gasteiger partial charge in [-0.3, -0.25) is 4.79 Å². The molecule has 1 amide bonds. The van der Waals surface area contributed by atoms with E-state index in [0.29, 0.717) is 18.9 Å². The number of hydrogen-bond acceptors (Lipinski definition) is 2. The molecule has 0 fully saturated rings. The highest BCUT2D eigenvalue weighted by molar-refractivity contribution is 5.76. The fraction of sp³-hybridized carbons (Fsp3) is 0.917. The van der Waals surface area contributed by atoms with Gasteiger partial charge in [0.1, 0.15) is 0 Å². The van der Waals surface area contributed by atoms with Gasteiger partial charge in [0.2, 0.25) is 5.91 Å². The van der Waals surface area contributed by atoms with Crippen LogP contribution < -0.4 is 5.32 Å². The lowest BCUT2D eigenvalue weighted by Crippen LogP contribution is -2.34. The van der Waals surface area contributed by atoms with E-state index in [1.165, 1.54) is 12.8 Å². The van der Waals surface area contributed by atoms with Crippen LogP contribution in [0.1, 0.15) is 58.8 Å². The maximum atomic E-state index is 11.4. The molecule has 0 aromatic carbocycles. The number of hydrogen-bond donors (Lipinski definition) is 2. The zero-order chi connectivity index (χ0) is 11.5. The van der Waals surface area contributed by atoms with Crippen molar-refractivity contribution < 1.29 is 9.90 Å². The molecule has 2 N–H and O–H groups in total. The highest BCUT2D eigenvalue weighted by Gasteiger charge is 2.10. The van der Waals surface area contributed by atoms with Crippen LogP contribution in [0.4, 0.5) is 0 Å². The molecule has 1 atom stereocenters. The number of aliphatic hydroxyl groups is 1. The molecule has 3 heteroatoms. The highest BCUT2D eigenvalue weighted by Crippen LogP contribution is 2.07. The number of nitrogens with one attached hydrogen (secondary N) is 1. The Morgan fingerprint density at radius 3 is 2.47 bits per heavy atom. The highest BCUT2D eigenvalue weighted by atomic mass is 16.3. The average molecular weight is 215 g/mol. The smallest absolute Gasteiger partial charge is 0.220 e. The molecule has 0 aromatic rings. The Morgan fingerprint density at radius 2 is 1.93 bits per heavy atom. The third kappa shape index (κ3) is 8.43. The number of aliphatic hydroxyl groups excluding tert-OH is 1. The van der Waals surface area contributed by atoms with E-state index in [1.807, 2.05) is 0 Å². The van der Waals surface area contributed by atoms with E-state index >= 15 is 0 Å². The van der Waals surface area contributed by atoms with Crippen molar-refractivity contribution in [2.75, 3.05) is 6.61 Å². The van der Waals surface area contributed by atoms with Gasteiger partial charge in [0.25, 0.3) is 0 Å². The summed E-state index contributed by atoms with van der Waals surface area (Å²) in [4.78, 5) is 11.4. The first-order valence-electron chi connectivity index (χ1n) is 6.14. The molecule has 0 bridgehead atoms. The van der Waals surface area contributed by atoms with Crippen LogP contribution in [0.25, 0.3) is 0 Å². The minimum Gasteiger partial charge on any atom is -0.396 e. The largest absolute Gasteiger partial charge is 0.396 e. The van der Waals surface area contributed by atoms with E-state index in [4.69, 9.17) is 5.11 Å². The Morgan fingerprint density at radius 1 is 1.20 bits per heavy atom. The average Bonchev–Trinajstić information content (AvgIpc) is 2.23. The van der Waals surface area contributed by atoms with Crippen molar-refractivity contribution in [1.82, 2.24) is 5.32 Å². The van der Waals surface area contributed by atoms with Gasteiger partial charge < -0.3 is 10.4 Å². The van der Waals surface area contributed by atoms with E-state index in [9.17, 15) is 4.79 Å². The Bertz CT molecular complexity index is 160. The first-order chi connectivity index (χ1) is 7.24. The summed E-state index contributed by atoms with van der Waals surface area (Å²) < 4.78 is 0. The Balaban J connectivity index is 3.76. The summed E-state index contributed by atoms with van der Waals surface area (Å²) in [5.74, 6) is 0.0820. The normalized spacial score (nSPS) is 12.5. The molecule has 0 aliphatic carbocycles. The van der Waals surface area contributed by atoms with Crippen LogP contribution in [-0.4, -0.2) is 23.7 Å². The predicted molar refractivity (Wildman–Crippen MR) is 62.7 cm³/mol. The van der Waals surface area contributed by atoms with Crippen LogP contribution >= 0.6 is 0 Å². The molecule has 1 unspecified atom stereocenters. The second-order valence-corrected chi connectivity index (χ2v) is 4.02. The standard InChI is InChI=1S/C12H25NO2/c1-3-5-8-11(7-4-2)13-12(15)9-6-10-14/h11,14H,3-10H2,1-2H3,(H,13,15). The number of carbonyl (C=O) groups excluding carboxylic acids is 1. The molecule has 0 aliphatic rings. The predicted octanol–water partition coefficient (Wildman–Crippen LogP) is 2.23. The Kier molecular flexibility index (Phi) is 9.59. The second-order valence-electron chi connectivity index (χ2n) is 4.02. The molecule has 0 radical (unpaired) electrons. The lowest BCUT2D eigenvalue weighted by Gasteiger charge is -2.17. The van der Waals surface area contributed by atoms with Crippen LogP contribution in [0.2, 0.25) is 0 Å². The second kappa shape index (κ2) is 9.97. The number of carbonyl (C=O) groups is 1. The van der Waals surface area contributed by atoms with Gasteiger partial charge in [-0.25, -0.2) is 0 Å². The first-order valence-corrected chi connectivity index (χ1v) is 6.14. The molecule has 0 saturated heterocycles. The van der Waals surface area contributed by atoms with Crippen LogP contribution in [0.15, 0.2) is 0 Å². The molecule has 0 rings (SSSR count). The maximum absolute atomic E-state index is 11.4. The van der Waals surface area contributed by atoms with Crippen molar-refractivity contribution in [1.29, 1.82) is 0 Å². The minimum absolute atomic E-state index is 0.0820. The fourth-order valence-electron chi connectivity index (χ4n) is 1.63. The summed E-state index contributed by atoms with van der Waals surface area (Å²) in [6.45, 7) is 4.40. The van der Waals surface area contributed by atoms with Gasteiger partial charge in [-0.2, -0.15) is 0 Å². The molecular formula is C12H25NO2. The third-order valence-electron chi connectivity index (χ3n) is 2.47. The monoisotopic (exact) mass is 215 g/mol. The summed E-state index contributed by atoms with van der Waals surface area (Å²) in [6, 6.07) is 0.334. The third-order valence-corrected chi connectivity index (χ3v) is 2.47. The van der Waals surface area contributed by atoms with E-state index in [2.05, 4.69) is 19.2 Å². The molecule has 3 nitrogen and oxygen atoms in total. The van der Waals surface area contributed by atoms with Gasteiger partial charge in [0.05, 0.1) is 0 Å². The topological polar surface area (TPSA) is 49.3 Å². The molecule has 15 heavy (non-hydrogen) atoms. The zero-order valence-corrected chi connectivity index (χ0v) is 10.1. The van der Waals surface area contributed by atoms with Gasteiger partial charge in [0, 0.05) is 19.1 Å². The SMILES string of the molecule is CCCCC(CCC)NC(=O)CCCO. The molecule has 0 aliphatic heterocycles. The van der Waals surface area contributed by atoms with Crippen molar-refractivity contribution in [3.05, 3.63) is 0 Å². The maximum Gasteiger partial charge on any atom is 0.220 e. The van der Waals surface area contributed by atoms with E-state index < -0.39 is 0 Å². The van der Waals surface area contributed by atoms with Crippen molar-refractivity contribution in [3.8, 4) is 0 Å². The Hall–Kier alpha value is -0.570. The summed E-state index contributed by atoms with van der Waals surface area (Å²) >= 11 is 0. The molecule has 90 valence electrons. The van der Waals surface area contributed by atoms with Crippen LogP contribution in [0.3, 0.4) is 0 Å². The minimum atomic E-state index is 0.0820. The number of rotatable bonds is 9. The van der Waals surface area contributed by atoms with E-state index in [0.717, 1.165) is 19.3 Å². The van der Waals surface area contributed by atoms with Crippen molar-refractivity contribution in [2.24, 2.45) is 0 Å². The molecule has 0 heterocycles. The lowest BCUT2D eigenvalue weighted by atomic mass is 10.0. The number of unbranched alkanes of at least 4 members (excludes halogenated alkanes) is 1. The van der Waals surface area contributed by atoms with E-state index in [1.54, 1.807) is 0 Å². The molecule has 0 aromatic heterocycles. The fourth-order valence-corrected chi connectivity index (χ4v) is 1.63. The first kappa shape index (κ1) is 14.4. The van der Waals surface area contributed by atoms with Crippen molar-refractivity contribution >= 4 is 5.91 Å². The summed E-state index contributed by atoms with van der Waals surface area (Å²) in [5, 5.41) is 11.7. The number of amides is 1. The molecule has 0 spiro atoms.